The van der Waals surface area contributed by atoms with E-state index < -0.39 is 4.92 Å². The van der Waals surface area contributed by atoms with E-state index in [0.717, 1.165) is 19.3 Å². The van der Waals surface area contributed by atoms with Crippen LogP contribution in [-0.4, -0.2) is 29.3 Å². The van der Waals surface area contributed by atoms with Gasteiger partial charge in [0.1, 0.15) is 6.61 Å². The Morgan fingerprint density at radius 1 is 1.47 bits per heavy atom. The summed E-state index contributed by atoms with van der Waals surface area (Å²) in [4.78, 5) is 10.4. The van der Waals surface area contributed by atoms with Gasteiger partial charge in [-0.1, -0.05) is 0 Å². The fourth-order valence-corrected chi connectivity index (χ4v) is 2.04. The maximum absolute atomic E-state index is 10.9. The first-order valence-corrected chi connectivity index (χ1v) is 6.33. The molecule has 1 heterocycles. The summed E-state index contributed by atoms with van der Waals surface area (Å²) >= 11 is 0. The molecule has 19 heavy (non-hydrogen) atoms. The molecule has 0 bridgehead atoms. The molecule has 1 aromatic rings. The van der Waals surface area contributed by atoms with E-state index in [4.69, 9.17) is 14.6 Å². The highest BCUT2D eigenvalue weighted by molar-refractivity contribution is 5.48. The first-order valence-electron chi connectivity index (χ1n) is 6.33. The number of aliphatic hydroxyl groups is 1. The van der Waals surface area contributed by atoms with Crippen LogP contribution in [0.1, 0.15) is 24.8 Å². The van der Waals surface area contributed by atoms with Crippen LogP contribution in [0.3, 0.4) is 0 Å². The first-order chi connectivity index (χ1) is 9.20. The van der Waals surface area contributed by atoms with E-state index in [-0.39, 0.29) is 24.1 Å². The van der Waals surface area contributed by atoms with Crippen LogP contribution in [0.25, 0.3) is 0 Å². The summed E-state index contributed by atoms with van der Waals surface area (Å²) in [5.41, 5.74) is 0.498. The SMILES string of the molecule is O=[N+]([O-])c1ccc(CO)cc1OCC1CCCCO1. The van der Waals surface area contributed by atoms with Gasteiger partial charge in [-0.05, 0) is 37.0 Å². The van der Waals surface area contributed by atoms with Crippen LogP contribution in [0.15, 0.2) is 18.2 Å². The average molecular weight is 267 g/mol. The van der Waals surface area contributed by atoms with Crippen LogP contribution < -0.4 is 4.74 Å². The minimum Gasteiger partial charge on any atom is -0.484 e. The second-order valence-corrected chi connectivity index (χ2v) is 4.52. The molecule has 2 rings (SSSR count). The van der Waals surface area contributed by atoms with Gasteiger partial charge < -0.3 is 14.6 Å². The molecular weight excluding hydrogens is 250 g/mol. The Hall–Kier alpha value is -1.66. The number of hydrogen-bond acceptors (Lipinski definition) is 5. The lowest BCUT2D eigenvalue weighted by atomic mass is 10.1. The summed E-state index contributed by atoms with van der Waals surface area (Å²) in [6.07, 6.45) is 3.04. The molecule has 0 spiro atoms. The molecule has 0 radical (unpaired) electrons. The van der Waals surface area contributed by atoms with Gasteiger partial charge in [0.2, 0.25) is 0 Å². The summed E-state index contributed by atoms with van der Waals surface area (Å²) in [6, 6.07) is 4.37. The highest BCUT2D eigenvalue weighted by Crippen LogP contribution is 2.28. The quantitative estimate of drug-likeness (QED) is 0.652. The number of nitrogens with zero attached hydrogens (tertiary/aromatic N) is 1. The standard InChI is InChI=1S/C13H17NO5/c15-8-10-4-5-12(14(16)17)13(7-10)19-9-11-3-1-2-6-18-11/h4-5,7,11,15H,1-3,6,8-9H2. The van der Waals surface area contributed by atoms with Crippen LogP contribution in [0.4, 0.5) is 5.69 Å². The van der Waals surface area contributed by atoms with Gasteiger partial charge in [-0.3, -0.25) is 10.1 Å². The maximum atomic E-state index is 10.9. The predicted octanol–water partition coefficient (Wildman–Crippen LogP) is 2.04. The van der Waals surface area contributed by atoms with Gasteiger partial charge >= 0.3 is 5.69 Å². The van der Waals surface area contributed by atoms with Gasteiger partial charge in [-0.15, -0.1) is 0 Å². The van der Waals surface area contributed by atoms with E-state index in [0.29, 0.717) is 18.8 Å². The highest BCUT2D eigenvalue weighted by Gasteiger charge is 2.19. The van der Waals surface area contributed by atoms with Crippen LogP contribution in [0.5, 0.6) is 5.75 Å². The zero-order valence-electron chi connectivity index (χ0n) is 10.6. The smallest absolute Gasteiger partial charge is 0.310 e. The third-order valence-electron chi connectivity index (χ3n) is 3.10. The zero-order chi connectivity index (χ0) is 13.7. The fourth-order valence-electron chi connectivity index (χ4n) is 2.04. The Bertz CT molecular complexity index is 443. The molecule has 0 aromatic heterocycles. The monoisotopic (exact) mass is 267 g/mol. The maximum Gasteiger partial charge on any atom is 0.310 e. The summed E-state index contributed by atoms with van der Waals surface area (Å²) in [5.74, 6) is 0.186. The van der Waals surface area contributed by atoms with Crippen molar-refractivity contribution in [1.82, 2.24) is 0 Å². The minimum atomic E-state index is -0.488. The van der Waals surface area contributed by atoms with E-state index in [1.807, 2.05) is 0 Å². The Morgan fingerprint density at radius 3 is 2.95 bits per heavy atom. The molecule has 1 aliphatic heterocycles. The van der Waals surface area contributed by atoms with Gasteiger partial charge in [0, 0.05) is 12.7 Å². The largest absolute Gasteiger partial charge is 0.484 e. The van der Waals surface area contributed by atoms with E-state index in [2.05, 4.69) is 0 Å². The van der Waals surface area contributed by atoms with Crippen molar-refractivity contribution in [1.29, 1.82) is 0 Å². The molecule has 1 N–H and O–H groups in total. The lowest BCUT2D eigenvalue weighted by Gasteiger charge is -2.22. The number of nitro benzene ring substituents is 1. The molecule has 1 unspecified atom stereocenters. The van der Waals surface area contributed by atoms with Gasteiger partial charge in [0.25, 0.3) is 0 Å². The topological polar surface area (TPSA) is 81.8 Å². The normalized spacial score (nSPS) is 19.1. The van der Waals surface area contributed by atoms with E-state index in [1.165, 1.54) is 18.2 Å². The molecular formula is C13H17NO5. The number of benzene rings is 1. The third kappa shape index (κ3) is 3.65. The van der Waals surface area contributed by atoms with E-state index in [1.54, 1.807) is 0 Å². The molecule has 1 aliphatic rings. The van der Waals surface area contributed by atoms with Crippen molar-refractivity contribution in [3.63, 3.8) is 0 Å². The van der Waals surface area contributed by atoms with Gasteiger partial charge in [0.05, 0.1) is 17.6 Å². The van der Waals surface area contributed by atoms with Gasteiger partial charge in [0.15, 0.2) is 5.75 Å². The molecule has 1 aromatic carbocycles. The summed E-state index contributed by atoms with van der Waals surface area (Å²) in [6.45, 7) is 0.844. The van der Waals surface area contributed by atoms with E-state index in [9.17, 15) is 10.1 Å². The number of nitro groups is 1. The first kappa shape index (κ1) is 13.8. The summed E-state index contributed by atoms with van der Waals surface area (Å²) in [7, 11) is 0. The Kier molecular flexibility index (Phi) is 4.70. The van der Waals surface area contributed by atoms with Crippen LogP contribution in [-0.2, 0) is 11.3 Å². The Morgan fingerprint density at radius 2 is 2.32 bits per heavy atom. The van der Waals surface area contributed by atoms with Crippen LogP contribution in [0, 0.1) is 10.1 Å². The Balaban J connectivity index is 2.06. The molecule has 1 atom stereocenters. The van der Waals surface area contributed by atoms with Crippen LogP contribution >= 0.6 is 0 Å². The summed E-state index contributed by atoms with van der Waals surface area (Å²) < 4.78 is 11.0. The molecule has 6 heteroatoms. The Labute approximate surface area is 111 Å². The number of rotatable bonds is 5. The average Bonchev–Trinajstić information content (AvgIpc) is 2.45. The highest BCUT2D eigenvalue weighted by atomic mass is 16.6. The van der Waals surface area contributed by atoms with Gasteiger partial charge in [-0.2, -0.15) is 0 Å². The molecule has 104 valence electrons. The lowest BCUT2D eigenvalue weighted by Crippen LogP contribution is -2.26. The van der Waals surface area contributed by atoms with Crippen LogP contribution in [0.2, 0.25) is 0 Å². The van der Waals surface area contributed by atoms with Crippen molar-refractivity contribution < 1.29 is 19.5 Å². The zero-order valence-corrected chi connectivity index (χ0v) is 10.6. The van der Waals surface area contributed by atoms with Gasteiger partial charge in [-0.25, -0.2) is 0 Å². The fraction of sp³-hybridized carbons (Fsp3) is 0.538. The molecule has 6 nitrogen and oxygen atoms in total. The van der Waals surface area contributed by atoms with Crippen molar-refractivity contribution in [2.24, 2.45) is 0 Å². The molecule has 1 fully saturated rings. The number of aliphatic hydroxyl groups excluding tert-OH is 1. The van der Waals surface area contributed by atoms with E-state index >= 15 is 0 Å². The second-order valence-electron chi connectivity index (χ2n) is 4.52. The molecule has 0 saturated carbocycles. The van der Waals surface area contributed by atoms with Crippen molar-refractivity contribution in [3.05, 3.63) is 33.9 Å². The molecule has 1 saturated heterocycles. The number of ether oxygens (including phenoxy) is 2. The predicted molar refractivity (Wildman–Crippen MR) is 68.1 cm³/mol. The third-order valence-corrected chi connectivity index (χ3v) is 3.10. The van der Waals surface area contributed by atoms with Crippen molar-refractivity contribution >= 4 is 5.69 Å². The minimum absolute atomic E-state index is 0.00821. The summed E-state index contributed by atoms with van der Waals surface area (Å²) in [5, 5.41) is 20.0. The van der Waals surface area contributed by atoms with Crippen molar-refractivity contribution in [3.8, 4) is 5.75 Å². The molecule has 0 aliphatic carbocycles. The van der Waals surface area contributed by atoms with Crippen molar-refractivity contribution in [2.45, 2.75) is 32.0 Å². The lowest BCUT2D eigenvalue weighted by molar-refractivity contribution is -0.386. The number of hydrogen-bond donors (Lipinski definition) is 1. The van der Waals surface area contributed by atoms with Crippen molar-refractivity contribution in [2.75, 3.05) is 13.2 Å². The second kappa shape index (κ2) is 6.49. The molecule has 0 amide bonds.